The Morgan fingerprint density at radius 2 is 1.65 bits per heavy atom. The predicted octanol–water partition coefficient (Wildman–Crippen LogP) is 8.23. The van der Waals surface area contributed by atoms with Gasteiger partial charge < -0.3 is 10.4 Å². The molecule has 5 heteroatoms. The van der Waals surface area contributed by atoms with Crippen LogP contribution >= 0.6 is 11.6 Å². The molecule has 4 saturated carbocycles. The van der Waals surface area contributed by atoms with E-state index in [1.807, 2.05) is 18.2 Å². The number of benzene rings is 1. The molecule has 0 saturated heterocycles. The zero-order valence-corrected chi connectivity index (χ0v) is 26.0. The van der Waals surface area contributed by atoms with Crippen molar-refractivity contribution in [1.29, 1.82) is 0 Å². The Morgan fingerprint density at radius 1 is 0.950 bits per heavy atom. The van der Waals surface area contributed by atoms with Crippen molar-refractivity contribution in [2.24, 2.45) is 51.2 Å². The molecular weight excluding hydrogens is 518 g/mol. The summed E-state index contributed by atoms with van der Waals surface area (Å²) in [6.07, 6.45) is 8.31. The largest absolute Gasteiger partial charge is 0.393 e. The molecule has 2 N–H and O–H groups in total. The first kappa shape index (κ1) is 28.5. The van der Waals surface area contributed by atoms with Crippen LogP contribution in [0.5, 0.6) is 0 Å². The van der Waals surface area contributed by atoms with Crippen LogP contribution < -0.4 is 5.32 Å². The average Bonchev–Trinajstić information content (AvgIpc) is 3.21. The molecule has 0 heterocycles. The molecule has 0 aliphatic heterocycles. The highest BCUT2D eigenvalue weighted by atomic mass is 35.5. The van der Waals surface area contributed by atoms with Crippen LogP contribution in [0.1, 0.15) is 99.3 Å². The number of anilines is 1. The summed E-state index contributed by atoms with van der Waals surface area (Å²) in [5.41, 5.74) is 2.32. The van der Waals surface area contributed by atoms with E-state index in [1.165, 1.54) is 12.0 Å². The average molecular weight is 566 g/mol. The van der Waals surface area contributed by atoms with E-state index in [2.05, 4.69) is 46.9 Å². The van der Waals surface area contributed by atoms with Gasteiger partial charge in [0.15, 0.2) is 5.78 Å². The Balaban J connectivity index is 1.39. The van der Waals surface area contributed by atoms with Gasteiger partial charge in [-0.3, -0.25) is 9.59 Å². The Hall–Kier alpha value is -1.65. The molecule has 1 aromatic rings. The van der Waals surface area contributed by atoms with Crippen LogP contribution in [-0.4, -0.2) is 22.9 Å². The van der Waals surface area contributed by atoms with E-state index < -0.39 is 5.41 Å². The first-order valence-corrected chi connectivity index (χ1v) is 16.2. The third-order valence-electron chi connectivity index (χ3n) is 13.1. The Morgan fingerprint density at radius 3 is 2.35 bits per heavy atom. The summed E-state index contributed by atoms with van der Waals surface area (Å²) in [4.78, 5) is 27.9. The summed E-state index contributed by atoms with van der Waals surface area (Å²) >= 11 is 6.45. The second kappa shape index (κ2) is 9.43. The fourth-order valence-corrected chi connectivity index (χ4v) is 11.6. The van der Waals surface area contributed by atoms with Crippen LogP contribution in [0.3, 0.4) is 0 Å². The second-order valence-corrected chi connectivity index (χ2v) is 15.9. The summed E-state index contributed by atoms with van der Waals surface area (Å²) < 4.78 is 0. The summed E-state index contributed by atoms with van der Waals surface area (Å²) in [7, 11) is 0. The Kier molecular flexibility index (Phi) is 6.71. The van der Waals surface area contributed by atoms with Crippen molar-refractivity contribution in [3.8, 4) is 0 Å². The van der Waals surface area contributed by atoms with Crippen molar-refractivity contribution in [2.75, 3.05) is 5.32 Å². The molecule has 4 fully saturated rings. The van der Waals surface area contributed by atoms with Gasteiger partial charge in [-0.15, -0.1) is 0 Å². The zero-order chi connectivity index (χ0) is 28.8. The number of amides is 1. The smallest absolute Gasteiger partial charge is 0.235 e. The topological polar surface area (TPSA) is 66.4 Å². The number of Topliss-reactive ketones (excluding diaryl/α,β-unsaturated/α-hetero) is 1. The van der Waals surface area contributed by atoms with Crippen LogP contribution in [0.25, 0.3) is 0 Å². The normalized spacial score (nSPS) is 42.1. The maximum Gasteiger partial charge on any atom is 0.235 e. The molecule has 218 valence electrons. The van der Waals surface area contributed by atoms with E-state index in [-0.39, 0.29) is 45.9 Å². The number of ketones is 1. The SMILES string of the molecule is CC(C)C1=C2C3CCC4[C@@](C)(CCC5C(C)(C)[C@@H](O)CC[C@@]54C)C3CCC2(C(=O)Nc2ccccc2Cl)CC1=O. The quantitative estimate of drug-likeness (QED) is 0.388. The number of nitrogens with one attached hydrogen (secondary N) is 1. The fraction of sp³-hybridized carbons (Fsp3) is 0.714. The van der Waals surface area contributed by atoms with Crippen LogP contribution in [0.4, 0.5) is 5.69 Å². The molecule has 1 amide bonds. The van der Waals surface area contributed by atoms with Crippen molar-refractivity contribution in [3.63, 3.8) is 0 Å². The maximum atomic E-state index is 14.2. The van der Waals surface area contributed by atoms with Gasteiger partial charge in [-0.1, -0.05) is 65.3 Å². The van der Waals surface area contributed by atoms with E-state index in [0.717, 1.165) is 50.5 Å². The van der Waals surface area contributed by atoms with Crippen molar-refractivity contribution < 1.29 is 14.7 Å². The monoisotopic (exact) mass is 565 g/mol. The van der Waals surface area contributed by atoms with E-state index in [4.69, 9.17) is 11.6 Å². The summed E-state index contributed by atoms with van der Waals surface area (Å²) in [5.74, 6) is 2.12. The molecule has 1 aromatic carbocycles. The van der Waals surface area contributed by atoms with Crippen LogP contribution in [-0.2, 0) is 9.59 Å². The number of hydrogen-bond acceptors (Lipinski definition) is 3. The molecule has 0 spiro atoms. The highest BCUT2D eigenvalue weighted by Gasteiger charge is 2.67. The summed E-state index contributed by atoms with van der Waals surface area (Å²) in [5, 5.41) is 14.7. The van der Waals surface area contributed by atoms with E-state index in [0.29, 0.717) is 34.9 Å². The van der Waals surface area contributed by atoms with Crippen LogP contribution in [0.15, 0.2) is 35.4 Å². The third-order valence-corrected chi connectivity index (χ3v) is 13.5. The standard InChI is InChI=1S/C35H48ClNO3/c1-20(2)29-25(38)19-35(31(40)37-24-10-8-7-9-23(24)36)18-13-22-21(30(29)35)11-12-27-33(22,5)16-14-26-32(3,4)28(39)15-17-34(26,27)6/h7-10,20-22,26-28,39H,11-19H2,1-6H3,(H,37,40)/t21?,22?,26?,27?,28-,33-,34-,35?/m0/s1. The lowest BCUT2D eigenvalue weighted by molar-refractivity contribution is -0.203. The molecule has 5 aliphatic carbocycles. The minimum Gasteiger partial charge on any atom is -0.393 e. The van der Waals surface area contributed by atoms with Gasteiger partial charge in [-0.25, -0.2) is 0 Å². The van der Waals surface area contributed by atoms with Crippen LogP contribution in [0.2, 0.25) is 5.02 Å². The van der Waals surface area contributed by atoms with Crippen LogP contribution in [0, 0.1) is 51.2 Å². The number of halogens is 1. The van der Waals surface area contributed by atoms with Gasteiger partial charge in [0.05, 0.1) is 22.2 Å². The Labute approximate surface area is 245 Å². The number of carbonyl (C=O) groups is 2. The predicted molar refractivity (Wildman–Crippen MR) is 161 cm³/mol. The number of hydrogen-bond donors (Lipinski definition) is 2. The van der Waals surface area contributed by atoms with Gasteiger partial charge in [-0.05, 0) is 120 Å². The number of allylic oxidation sites excluding steroid dienone is 1. The third kappa shape index (κ3) is 3.80. The zero-order valence-electron chi connectivity index (χ0n) is 25.3. The van der Waals surface area contributed by atoms with Crippen molar-refractivity contribution in [3.05, 3.63) is 40.4 Å². The minimum atomic E-state index is -0.766. The fourth-order valence-electron chi connectivity index (χ4n) is 11.4. The number of carbonyl (C=O) groups excluding carboxylic acids is 2. The highest BCUT2D eigenvalue weighted by molar-refractivity contribution is 6.33. The van der Waals surface area contributed by atoms with Gasteiger partial charge in [0.25, 0.3) is 0 Å². The van der Waals surface area contributed by atoms with Crippen molar-refractivity contribution >= 4 is 29.0 Å². The maximum absolute atomic E-state index is 14.2. The molecule has 8 atom stereocenters. The number of rotatable bonds is 3. The molecule has 5 unspecified atom stereocenters. The molecule has 6 rings (SSSR count). The lowest BCUT2D eigenvalue weighted by Crippen LogP contribution is -2.62. The molecule has 0 radical (unpaired) electrons. The number of fused-ring (bicyclic) bond motifs is 7. The van der Waals surface area contributed by atoms with Gasteiger partial charge in [0.2, 0.25) is 5.91 Å². The molecule has 5 aliphatic rings. The number of para-hydroxylation sites is 1. The lowest BCUT2D eigenvalue weighted by atomic mass is 9.36. The van der Waals surface area contributed by atoms with Crippen molar-refractivity contribution in [1.82, 2.24) is 0 Å². The van der Waals surface area contributed by atoms with Crippen molar-refractivity contribution in [2.45, 2.75) is 105 Å². The lowest BCUT2D eigenvalue weighted by Gasteiger charge is -2.68. The minimum absolute atomic E-state index is 0.0518. The first-order valence-electron chi connectivity index (χ1n) is 15.8. The molecule has 4 nitrogen and oxygen atoms in total. The first-order chi connectivity index (χ1) is 18.8. The highest BCUT2D eigenvalue weighted by Crippen LogP contribution is 2.72. The van der Waals surface area contributed by atoms with Gasteiger partial charge in [-0.2, -0.15) is 0 Å². The summed E-state index contributed by atoms with van der Waals surface area (Å²) in [6.45, 7) is 13.9. The Bertz CT molecular complexity index is 1270. The second-order valence-electron chi connectivity index (χ2n) is 15.5. The van der Waals surface area contributed by atoms with E-state index >= 15 is 0 Å². The van der Waals surface area contributed by atoms with Gasteiger partial charge >= 0.3 is 0 Å². The van der Waals surface area contributed by atoms with Gasteiger partial charge in [0.1, 0.15) is 0 Å². The molecule has 0 bridgehead atoms. The van der Waals surface area contributed by atoms with E-state index in [9.17, 15) is 14.7 Å². The van der Waals surface area contributed by atoms with E-state index in [1.54, 1.807) is 6.07 Å². The number of aliphatic hydroxyl groups is 1. The molecular formula is C35H48ClNO3. The van der Waals surface area contributed by atoms with Gasteiger partial charge in [0, 0.05) is 6.42 Å². The molecule has 0 aromatic heterocycles. The molecule has 40 heavy (non-hydrogen) atoms. The number of aliphatic hydroxyl groups excluding tert-OH is 1. The summed E-state index contributed by atoms with van der Waals surface area (Å²) in [6, 6.07) is 7.40.